The smallest absolute Gasteiger partial charge is 0.133 e. The molecular formula is C16H18Br2O2S. The van der Waals surface area contributed by atoms with Gasteiger partial charge < -0.3 is 9.47 Å². The summed E-state index contributed by atoms with van der Waals surface area (Å²) < 4.78 is 11.6. The van der Waals surface area contributed by atoms with Gasteiger partial charge in [0.2, 0.25) is 0 Å². The van der Waals surface area contributed by atoms with Crippen molar-refractivity contribution in [2.45, 2.75) is 18.2 Å². The van der Waals surface area contributed by atoms with Crippen LogP contribution in [0, 0.1) is 0 Å². The Morgan fingerprint density at radius 3 is 2.62 bits per heavy atom. The summed E-state index contributed by atoms with van der Waals surface area (Å²) in [5, 5.41) is 0. The van der Waals surface area contributed by atoms with Crippen molar-refractivity contribution in [3.8, 4) is 5.75 Å². The lowest BCUT2D eigenvalue weighted by Gasteiger charge is -2.12. The fraction of sp³-hybridized carbons (Fsp3) is 0.375. The topological polar surface area (TPSA) is 18.5 Å². The molecule has 2 nitrogen and oxygen atoms in total. The van der Waals surface area contributed by atoms with E-state index in [4.69, 9.17) is 9.47 Å². The average molecular weight is 434 g/mol. The number of aryl methyl sites for hydroxylation is 1. The van der Waals surface area contributed by atoms with E-state index < -0.39 is 0 Å². The van der Waals surface area contributed by atoms with Crippen molar-refractivity contribution in [1.29, 1.82) is 0 Å². The Hall–Kier alpha value is -0.360. The number of rotatable bonds is 7. The van der Waals surface area contributed by atoms with Gasteiger partial charge in [0.1, 0.15) is 12.4 Å². The monoisotopic (exact) mass is 432 g/mol. The van der Waals surface area contributed by atoms with E-state index in [0.717, 1.165) is 16.6 Å². The van der Waals surface area contributed by atoms with Crippen LogP contribution < -0.4 is 4.74 Å². The third-order valence-corrected chi connectivity index (χ3v) is 6.31. The van der Waals surface area contributed by atoms with Crippen LogP contribution in [-0.4, -0.2) is 20.3 Å². The second kappa shape index (κ2) is 8.32. The van der Waals surface area contributed by atoms with Gasteiger partial charge in [-0.1, -0.05) is 28.9 Å². The first-order valence-corrected chi connectivity index (χ1v) is 9.32. The molecule has 0 aliphatic carbocycles. The van der Waals surface area contributed by atoms with Crippen LogP contribution in [0.1, 0.15) is 27.1 Å². The van der Waals surface area contributed by atoms with E-state index in [9.17, 15) is 0 Å². The lowest BCUT2D eigenvalue weighted by molar-refractivity contribution is 0.146. The summed E-state index contributed by atoms with van der Waals surface area (Å²) in [7, 11) is 1.67. The Morgan fingerprint density at radius 1 is 1.19 bits per heavy atom. The summed E-state index contributed by atoms with van der Waals surface area (Å²) >= 11 is 9.22. The fourth-order valence-corrected chi connectivity index (χ4v) is 4.10. The first kappa shape index (κ1) is 17.0. The molecule has 0 radical (unpaired) electrons. The van der Waals surface area contributed by atoms with Crippen molar-refractivity contribution < 1.29 is 9.47 Å². The Bertz CT molecular complexity index is 583. The van der Waals surface area contributed by atoms with Gasteiger partial charge in [0.25, 0.3) is 0 Å². The normalized spacial score (nSPS) is 12.4. The highest BCUT2D eigenvalue weighted by Gasteiger charge is 2.14. The minimum Gasteiger partial charge on any atom is -0.490 e. The maximum Gasteiger partial charge on any atom is 0.133 e. The molecule has 0 bridgehead atoms. The lowest BCUT2D eigenvalue weighted by atomic mass is 10.1. The number of thiophene rings is 1. The van der Waals surface area contributed by atoms with Crippen molar-refractivity contribution in [2.75, 3.05) is 20.3 Å². The van der Waals surface area contributed by atoms with Gasteiger partial charge in [0, 0.05) is 16.9 Å². The number of halogens is 2. The molecule has 0 fully saturated rings. The third-order valence-electron chi connectivity index (χ3n) is 3.07. The maximum absolute atomic E-state index is 5.65. The molecule has 114 valence electrons. The summed E-state index contributed by atoms with van der Waals surface area (Å²) in [6, 6.07) is 10.6. The molecule has 0 N–H and O–H groups in total. The van der Waals surface area contributed by atoms with Gasteiger partial charge in [-0.2, -0.15) is 0 Å². The molecule has 0 spiro atoms. The van der Waals surface area contributed by atoms with Crippen molar-refractivity contribution in [3.05, 3.63) is 50.1 Å². The number of alkyl halides is 1. The minimum absolute atomic E-state index is 0.215. The van der Waals surface area contributed by atoms with Crippen LogP contribution in [-0.2, 0) is 11.2 Å². The van der Waals surface area contributed by atoms with E-state index in [-0.39, 0.29) is 4.83 Å². The van der Waals surface area contributed by atoms with Gasteiger partial charge in [-0.3, -0.25) is 0 Å². The molecule has 0 aliphatic heterocycles. The predicted octanol–water partition coefficient (Wildman–Crippen LogP) is 5.58. The van der Waals surface area contributed by atoms with Gasteiger partial charge in [-0.15, -0.1) is 11.3 Å². The van der Waals surface area contributed by atoms with Crippen molar-refractivity contribution >= 4 is 43.2 Å². The largest absolute Gasteiger partial charge is 0.490 e. The molecule has 5 heteroatoms. The number of methoxy groups -OCH3 is 1. The van der Waals surface area contributed by atoms with Gasteiger partial charge in [0.15, 0.2) is 0 Å². The molecule has 1 aromatic heterocycles. The van der Waals surface area contributed by atoms with E-state index in [1.54, 1.807) is 7.11 Å². The molecule has 0 saturated carbocycles. The van der Waals surface area contributed by atoms with Crippen LogP contribution >= 0.6 is 43.2 Å². The first-order valence-electron chi connectivity index (χ1n) is 6.79. The standard InChI is InChI=1S/C16H18Br2O2S/c1-3-12-5-7-15(21-12)16(18)11-4-6-14(13(17)10-11)20-9-8-19-2/h4-7,10,16H,3,8-9H2,1-2H3. The second-order valence-corrected chi connectivity index (χ2v) is 7.52. The van der Waals surface area contributed by atoms with E-state index in [0.29, 0.717) is 13.2 Å². The second-order valence-electron chi connectivity index (χ2n) is 4.55. The van der Waals surface area contributed by atoms with Gasteiger partial charge in [-0.25, -0.2) is 0 Å². The fourth-order valence-electron chi connectivity index (χ4n) is 1.91. The molecule has 0 saturated heterocycles. The van der Waals surface area contributed by atoms with Crippen LogP contribution in [0.25, 0.3) is 0 Å². The highest BCUT2D eigenvalue weighted by atomic mass is 79.9. The zero-order valence-electron chi connectivity index (χ0n) is 12.1. The van der Waals surface area contributed by atoms with Gasteiger partial charge in [-0.05, 0) is 52.2 Å². The summed E-state index contributed by atoms with van der Waals surface area (Å²) in [6.07, 6.45) is 1.08. The number of hydrogen-bond donors (Lipinski definition) is 0. The third kappa shape index (κ3) is 4.55. The summed E-state index contributed by atoms with van der Waals surface area (Å²) in [6.45, 7) is 3.32. The predicted molar refractivity (Wildman–Crippen MR) is 96.0 cm³/mol. The molecule has 1 atom stereocenters. The molecule has 21 heavy (non-hydrogen) atoms. The summed E-state index contributed by atoms with van der Waals surface area (Å²) in [4.78, 5) is 2.95. The Labute approximate surface area is 146 Å². The number of ether oxygens (including phenoxy) is 2. The van der Waals surface area contributed by atoms with Crippen LogP contribution in [0.5, 0.6) is 5.75 Å². The first-order chi connectivity index (χ1) is 10.2. The minimum atomic E-state index is 0.215. The highest BCUT2D eigenvalue weighted by Crippen LogP contribution is 2.38. The van der Waals surface area contributed by atoms with Crippen molar-refractivity contribution in [1.82, 2.24) is 0 Å². The molecule has 0 aliphatic rings. The summed E-state index contributed by atoms with van der Waals surface area (Å²) in [5.41, 5.74) is 1.21. The van der Waals surface area contributed by atoms with E-state index in [1.165, 1.54) is 15.3 Å². The van der Waals surface area contributed by atoms with Gasteiger partial charge >= 0.3 is 0 Å². The highest BCUT2D eigenvalue weighted by molar-refractivity contribution is 9.10. The Kier molecular flexibility index (Phi) is 6.74. The van der Waals surface area contributed by atoms with Crippen molar-refractivity contribution in [2.24, 2.45) is 0 Å². The molecule has 1 unspecified atom stereocenters. The van der Waals surface area contributed by atoms with E-state index >= 15 is 0 Å². The summed E-state index contributed by atoms with van der Waals surface area (Å²) in [5.74, 6) is 0.843. The van der Waals surface area contributed by atoms with Crippen molar-refractivity contribution in [3.63, 3.8) is 0 Å². The Morgan fingerprint density at radius 2 is 2.00 bits per heavy atom. The molecule has 1 heterocycles. The van der Waals surface area contributed by atoms with Gasteiger partial charge in [0.05, 0.1) is 15.9 Å². The average Bonchev–Trinajstić information content (AvgIpc) is 2.97. The van der Waals surface area contributed by atoms with E-state index in [2.05, 4.69) is 63.0 Å². The van der Waals surface area contributed by atoms with Crippen LogP contribution in [0.15, 0.2) is 34.8 Å². The zero-order valence-corrected chi connectivity index (χ0v) is 16.1. The quantitative estimate of drug-likeness (QED) is 0.419. The molecular weight excluding hydrogens is 416 g/mol. The maximum atomic E-state index is 5.65. The van der Waals surface area contributed by atoms with E-state index in [1.807, 2.05) is 17.4 Å². The molecule has 1 aromatic carbocycles. The SMILES string of the molecule is CCc1ccc(C(Br)c2ccc(OCCOC)c(Br)c2)s1. The number of hydrogen-bond acceptors (Lipinski definition) is 3. The van der Waals surface area contributed by atoms with Crippen LogP contribution in [0.4, 0.5) is 0 Å². The van der Waals surface area contributed by atoms with Crippen LogP contribution in [0.3, 0.4) is 0 Å². The molecule has 2 aromatic rings. The lowest BCUT2D eigenvalue weighted by Crippen LogP contribution is -2.04. The molecule has 2 rings (SSSR count). The van der Waals surface area contributed by atoms with Crippen LogP contribution in [0.2, 0.25) is 0 Å². The number of benzene rings is 1. The zero-order chi connectivity index (χ0) is 15.2. The Balaban J connectivity index is 2.11. The molecule has 0 amide bonds.